The normalized spacial score (nSPS) is 40.3. The van der Waals surface area contributed by atoms with Gasteiger partial charge in [0.2, 0.25) is 0 Å². The Hall–Kier alpha value is -0.770. The lowest BCUT2D eigenvalue weighted by Crippen LogP contribution is -2.56. The van der Waals surface area contributed by atoms with Gasteiger partial charge in [0.05, 0.1) is 0 Å². The van der Waals surface area contributed by atoms with Gasteiger partial charge in [-0.05, 0) is 70.1 Å². The summed E-state index contributed by atoms with van der Waals surface area (Å²) in [5, 5.41) is 2.89. The van der Waals surface area contributed by atoms with Gasteiger partial charge < -0.3 is 15.8 Å². The summed E-state index contributed by atoms with van der Waals surface area (Å²) in [7, 11) is 0. The van der Waals surface area contributed by atoms with E-state index in [1.165, 1.54) is 19.3 Å². The number of carbonyl (C=O) groups excluding carboxylic acids is 1. The second-order valence-electron chi connectivity index (χ2n) is 7.70. The van der Waals surface area contributed by atoms with Crippen molar-refractivity contribution in [3.63, 3.8) is 0 Å². The summed E-state index contributed by atoms with van der Waals surface area (Å²) < 4.78 is 5.88. The molecule has 3 N–H and O–H groups in total. The summed E-state index contributed by atoms with van der Waals surface area (Å²) in [4.78, 5) is 12.1. The van der Waals surface area contributed by atoms with Crippen molar-refractivity contribution in [1.29, 1.82) is 0 Å². The van der Waals surface area contributed by atoms with Gasteiger partial charge in [0.1, 0.15) is 5.60 Å². The summed E-state index contributed by atoms with van der Waals surface area (Å²) in [5.74, 6) is 2.38. The van der Waals surface area contributed by atoms with Crippen LogP contribution in [0.15, 0.2) is 0 Å². The third-order valence-corrected chi connectivity index (χ3v) is 5.24. The van der Waals surface area contributed by atoms with Crippen LogP contribution in [0.2, 0.25) is 0 Å². The molecule has 0 unspecified atom stereocenters. The first-order chi connectivity index (χ1) is 8.90. The molecule has 4 rings (SSSR count). The van der Waals surface area contributed by atoms with Gasteiger partial charge in [-0.1, -0.05) is 0 Å². The molecule has 4 nitrogen and oxygen atoms in total. The van der Waals surface area contributed by atoms with Crippen LogP contribution in [0.4, 0.5) is 4.79 Å². The first-order valence-electron chi connectivity index (χ1n) is 7.61. The van der Waals surface area contributed by atoms with Crippen molar-refractivity contribution in [2.45, 2.75) is 63.5 Å². The lowest BCUT2D eigenvalue weighted by molar-refractivity contribution is -0.128. The Bertz CT molecular complexity index is 343. The molecule has 4 aliphatic carbocycles. The minimum atomic E-state index is -0.390. The number of nitrogens with two attached hydrogens (primary N) is 1. The number of hydrogen-bond acceptors (Lipinski definition) is 3. The zero-order valence-corrected chi connectivity index (χ0v) is 12.1. The minimum absolute atomic E-state index is 0.163. The maximum atomic E-state index is 12.1. The van der Waals surface area contributed by atoms with Crippen LogP contribution in [-0.4, -0.2) is 23.8 Å². The van der Waals surface area contributed by atoms with E-state index >= 15 is 0 Å². The fraction of sp³-hybridized carbons (Fsp3) is 0.933. The molecule has 4 heteroatoms. The number of alkyl carbamates (subject to hydrolysis) is 1. The largest absolute Gasteiger partial charge is 0.443 e. The Kier molecular flexibility index (Phi) is 3.04. The molecule has 108 valence electrons. The molecule has 0 atom stereocenters. The lowest BCUT2D eigenvalue weighted by Gasteiger charge is -2.55. The van der Waals surface area contributed by atoms with Crippen molar-refractivity contribution >= 4 is 6.09 Å². The van der Waals surface area contributed by atoms with Gasteiger partial charge in [0.15, 0.2) is 0 Å². The van der Waals surface area contributed by atoms with Gasteiger partial charge in [0.25, 0.3) is 0 Å². The van der Waals surface area contributed by atoms with Gasteiger partial charge in [-0.3, -0.25) is 0 Å². The highest BCUT2D eigenvalue weighted by Gasteiger charge is 2.53. The van der Waals surface area contributed by atoms with Crippen molar-refractivity contribution in [1.82, 2.24) is 5.32 Å². The van der Waals surface area contributed by atoms with E-state index in [-0.39, 0.29) is 17.2 Å². The van der Waals surface area contributed by atoms with E-state index < -0.39 is 0 Å². The highest BCUT2D eigenvalue weighted by atomic mass is 16.6. The van der Waals surface area contributed by atoms with E-state index in [9.17, 15) is 4.79 Å². The van der Waals surface area contributed by atoms with Crippen molar-refractivity contribution in [2.24, 2.45) is 23.5 Å². The zero-order valence-electron chi connectivity index (χ0n) is 12.1. The number of nitrogens with one attached hydrogen (secondary N) is 1. The Morgan fingerprint density at radius 1 is 1.21 bits per heavy atom. The Balaban J connectivity index is 1.65. The summed E-state index contributed by atoms with van der Waals surface area (Å²) >= 11 is 0. The summed E-state index contributed by atoms with van der Waals surface area (Å²) in [5.41, 5.74) is 5.09. The average Bonchev–Trinajstić information content (AvgIpc) is 2.25. The van der Waals surface area contributed by atoms with Crippen LogP contribution in [-0.2, 0) is 4.74 Å². The van der Waals surface area contributed by atoms with Gasteiger partial charge in [0, 0.05) is 12.1 Å². The van der Waals surface area contributed by atoms with Crippen LogP contribution in [0.5, 0.6) is 0 Å². The molecule has 0 aromatic rings. The van der Waals surface area contributed by atoms with Crippen LogP contribution < -0.4 is 11.1 Å². The molecule has 4 bridgehead atoms. The molecule has 19 heavy (non-hydrogen) atoms. The fourth-order valence-electron chi connectivity index (χ4n) is 4.71. The molecule has 4 saturated carbocycles. The second kappa shape index (κ2) is 4.37. The molecule has 0 radical (unpaired) electrons. The van der Waals surface area contributed by atoms with Gasteiger partial charge in [-0.15, -0.1) is 0 Å². The monoisotopic (exact) mass is 266 g/mol. The predicted octanol–water partition coefficient (Wildman–Crippen LogP) is 2.42. The average molecular weight is 266 g/mol. The van der Waals surface area contributed by atoms with Crippen LogP contribution in [0.1, 0.15) is 52.4 Å². The molecule has 0 aromatic carbocycles. The van der Waals surface area contributed by atoms with Crippen LogP contribution in [0, 0.1) is 17.8 Å². The summed E-state index contributed by atoms with van der Waals surface area (Å²) in [6, 6.07) is 0. The summed E-state index contributed by atoms with van der Waals surface area (Å²) in [6.45, 7) is 4.27. The van der Waals surface area contributed by atoms with Crippen molar-refractivity contribution in [3.05, 3.63) is 0 Å². The zero-order chi connectivity index (χ0) is 13.7. The van der Waals surface area contributed by atoms with Crippen LogP contribution >= 0.6 is 0 Å². The van der Waals surface area contributed by atoms with Crippen molar-refractivity contribution in [3.8, 4) is 0 Å². The van der Waals surface area contributed by atoms with E-state index in [1.807, 2.05) is 13.8 Å². The molecule has 0 aromatic heterocycles. The number of rotatable bonds is 3. The third kappa shape index (κ3) is 2.60. The van der Waals surface area contributed by atoms with E-state index in [0.717, 1.165) is 37.0 Å². The minimum Gasteiger partial charge on any atom is -0.443 e. The van der Waals surface area contributed by atoms with Gasteiger partial charge >= 0.3 is 6.09 Å². The fourth-order valence-corrected chi connectivity index (χ4v) is 4.71. The topological polar surface area (TPSA) is 64.3 Å². The van der Waals surface area contributed by atoms with Crippen LogP contribution in [0.25, 0.3) is 0 Å². The first-order valence-corrected chi connectivity index (χ1v) is 7.61. The molecule has 4 fully saturated rings. The maximum absolute atomic E-state index is 12.1. The lowest BCUT2D eigenvalue weighted by atomic mass is 9.54. The standard InChI is InChI=1S/C15H26N2O2/c1-14(2,9-16)17-13(18)19-15-6-10-3-11(7-15)5-12(4-10)8-15/h10-12H,3-9,16H2,1-2H3,(H,17,18). The highest BCUT2D eigenvalue weighted by Crippen LogP contribution is 2.57. The molecule has 0 spiro atoms. The van der Waals surface area contributed by atoms with Crippen molar-refractivity contribution in [2.75, 3.05) is 6.54 Å². The van der Waals surface area contributed by atoms with Crippen molar-refractivity contribution < 1.29 is 9.53 Å². The molecular weight excluding hydrogens is 240 g/mol. The van der Waals surface area contributed by atoms with Gasteiger partial charge in [-0.25, -0.2) is 4.79 Å². The van der Waals surface area contributed by atoms with Gasteiger partial charge in [-0.2, -0.15) is 0 Å². The SMILES string of the molecule is CC(C)(CN)NC(=O)OC12CC3CC(CC(C3)C1)C2. The van der Waals surface area contributed by atoms with E-state index in [1.54, 1.807) is 0 Å². The maximum Gasteiger partial charge on any atom is 0.408 e. The molecule has 0 saturated heterocycles. The molecule has 0 aliphatic heterocycles. The smallest absolute Gasteiger partial charge is 0.408 e. The summed E-state index contributed by atoms with van der Waals surface area (Å²) in [6.07, 6.45) is 7.04. The number of hydrogen-bond donors (Lipinski definition) is 2. The first kappa shape index (κ1) is 13.2. The number of amides is 1. The highest BCUT2D eigenvalue weighted by molar-refractivity contribution is 5.68. The second-order valence-corrected chi connectivity index (χ2v) is 7.70. The molecule has 0 heterocycles. The molecule has 1 amide bonds. The molecule has 4 aliphatic rings. The van der Waals surface area contributed by atoms with E-state index in [0.29, 0.717) is 6.54 Å². The third-order valence-electron chi connectivity index (χ3n) is 5.24. The van der Waals surface area contributed by atoms with E-state index in [2.05, 4.69) is 5.32 Å². The Morgan fingerprint density at radius 3 is 2.11 bits per heavy atom. The number of carbonyl (C=O) groups is 1. The quantitative estimate of drug-likeness (QED) is 0.824. The Morgan fingerprint density at radius 2 is 1.68 bits per heavy atom. The Labute approximate surface area is 115 Å². The predicted molar refractivity (Wildman–Crippen MR) is 73.7 cm³/mol. The number of ether oxygens (including phenoxy) is 1. The van der Waals surface area contributed by atoms with E-state index in [4.69, 9.17) is 10.5 Å². The molecular formula is C15H26N2O2. The van der Waals surface area contributed by atoms with Crippen LogP contribution in [0.3, 0.4) is 0 Å².